The molecule has 0 aliphatic heterocycles. The minimum atomic E-state index is -3.57. The number of hydrogen-bond acceptors (Lipinski definition) is 3. The normalized spacial score (nSPS) is 11.8. The Labute approximate surface area is 102 Å². The zero-order chi connectivity index (χ0) is 13.1. The highest BCUT2D eigenvalue weighted by molar-refractivity contribution is 7.90. The molecule has 0 radical (unpaired) electrons. The van der Waals surface area contributed by atoms with Crippen molar-refractivity contribution in [2.24, 2.45) is 5.92 Å². The predicted octanol–water partition coefficient (Wildman–Crippen LogP) is 1.60. The molecule has 0 saturated carbocycles. The van der Waals surface area contributed by atoms with Crippen LogP contribution in [0.5, 0.6) is 5.75 Å². The maximum Gasteiger partial charge on any atom is 0.299 e. The van der Waals surface area contributed by atoms with Gasteiger partial charge in [0.25, 0.3) is 10.2 Å². The van der Waals surface area contributed by atoms with Gasteiger partial charge in [-0.1, -0.05) is 19.9 Å². The Morgan fingerprint density at radius 3 is 2.53 bits per heavy atom. The average molecular weight is 258 g/mol. The van der Waals surface area contributed by atoms with Crippen LogP contribution in [-0.2, 0) is 10.2 Å². The Morgan fingerprint density at radius 2 is 2.00 bits per heavy atom. The summed E-state index contributed by atoms with van der Waals surface area (Å²) in [4.78, 5) is 0. The van der Waals surface area contributed by atoms with Gasteiger partial charge in [0, 0.05) is 12.6 Å². The minimum Gasteiger partial charge on any atom is -0.508 e. The van der Waals surface area contributed by atoms with Gasteiger partial charge in [0.1, 0.15) is 5.75 Å². The van der Waals surface area contributed by atoms with E-state index in [0.29, 0.717) is 17.8 Å². The number of rotatable bonds is 5. The number of aromatic hydroxyl groups is 1. The smallest absolute Gasteiger partial charge is 0.299 e. The van der Waals surface area contributed by atoms with Gasteiger partial charge in [-0.25, -0.2) is 0 Å². The van der Waals surface area contributed by atoms with E-state index in [1.165, 1.54) is 6.07 Å². The van der Waals surface area contributed by atoms with Crippen LogP contribution >= 0.6 is 0 Å². The van der Waals surface area contributed by atoms with Crippen LogP contribution in [0.3, 0.4) is 0 Å². The summed E-state index contributed by atoms with van der Waals surface area (Å²) in [5, 5.41) is 9.46. The molecule has 5 nitrogen and oxygen atoms in total. The van der Waals surface area contributed by atoms with Gasteiger partial charge in [-0.2, -0.15) is 13.1 Å². The monoisotopic (exact) mass is 258 g/mol. The second-order valence-corrected chi connectivity index (χ2v) is 5.85. The highest BCUT2D eigenvalue weighted by atomic mass is 32.2. The van der Waals surface area contributed by atoms with Crippen molar-refractivity contribution < 1.29 is 13.5 Å². The first-order chi connectivity index (χ1) is 7.80. The average Bonchev–Trinajstić information content (AvgIpc) is 2.21. The molecule has 6 heteroatoms. The highest BCUT2D eigenvalue weighted by Crippen LogP contribution is 2.21. The van der Waals surface area contributed by atoms with Gasteiger partial charge in [0.15, 0.2) is 0 Å². The summed E-state index contributed by atoms with van der Waals surface area (Å²) < 4.78 is 28.0. The third-order valence-electron chi connectivity index (χ3n) is 2.14. The Kier molecular flexibility index (Phi) is 4.36. The van der Waals surface area contributed by atoms with E-state index in [4.69, 9.17) is 0 Å². The lowest BCUT2D eigenvalue weighted by Gasteiger charge is -2.11. The van der Waals surface area contributed by atoms with Crippen LogP contribution in [-0.4, -0.2) is 20.1 Å². The zero-order valence-corrected chi connectivity index (χ0v) is 11.0. The van der Waals surface area contributed by atoms with Crippen LogP contribution in [0.1, 0.15) is 19.4 Å². The van der Waals surface area contributed by atoms with Gasteiger partial charge in [0.2, 0.25) is 0 Å². The summed E-state index contributed by atoms with van der Waals surface area (Å²) in [6.45, 7) is 5.94. The molecule has 0 unspecified atom stereocenters. The van der Waals surface area contributed by atoms with Crippen LogP contribution in [0, 0.1) is 12.8 Å². The minimum absolute atomic E-state index is 0.0639. The molecule has 0 atom stereocenters. The first kappa shape index (κ1) is 13.8. The molecule has 0 fully saturated rings. The van der Waals surface area contributed by atoms with Crippen LogP contribution < -0.4 is 9.44 Å². The molecule has 96 valence electrons. The SMILES string of the molecule is Cc1ccc(NS(=O)(=O)NCC(C)C)cc1O. The molecule has 0 heterocycles. The van der Waals surface area contributed by atoms with Gasteiger partial charge in [-0.05, 0) is 24.5 Å². The van der Waals surface area contributed by atoms with E-state index in [1.54, 1.807) is 19.1 Å². The molecule has 0 saturated heterocycles. The van der Waals surface area contributed by atoms with Crippen molar-refractivity contribution in [2.45, 2.75) is 20.8 Å². The quantitative estimate of drug-likeness (QED) is 0.750. The fourth-order valence-electron chi connectivity index (χ4n) is 1.14. The molecule has 0 aromatic heterocycles. The fourth-order valence-corrected chi connectivity index (χ4v) is 2.20. The molecule has 0 aliphatic carbocycles. The van der Waals surface area contributed by atoms with E-state index in [9.17, 15) is 13.5 Å². The second kappa shape index (κ2) is 5.37. The number of phenolic OH excluding ortho intramolecular Hbond substituents is 1. The molecule has 0 aliphatic rings. The van der Waals surface area contributed by atoms with Crippen molar-refractivity contribution in [2.75, 3.05) is 11.3 Å². The van der Waals surface area contributed by atoms with E-state index in [1.807, 2.05) is 13.8 Å². The molecule has 3 N–H and O–H groups in total. The largest absolute Gasteiger partial charge is 0.508 e. The van der Waals surface area contributed by atoms with Crippen LogP contribution in [0.2, 0.25) is 0 Å². The van der Waals surface area contributed by atoms with E-state index < -0.39 is 10.2 Å². The standard InChI is InChI=1S/C11H18N2O3S/c1-8(2)7-12-17(15,16)13-10-5-4-9(3)11(14)6-10/h4-6,8,12-14H,7H2,1-3H3. The lowest BCUT2D eigenvalue weighted by molar-refractivity contribution is 0.471. The Balaban J connectivity index is 2.73. The Bertz CT molecular complexity index is 483. The second-order valence-electron chi connectivity index (χ2n) is 4.35. The summed E-state index contributed by atoms with van der Waals surface area (Å²) in [5.41, 5.74) is 1.03. The maximum atomic E-state index is 11.6. The highest BCUT2D eigenvalue weighted by Gasteiger charge is 2.10. The molecule has 0 bridgehead atoms. The summed E-state index contributed by atoms with van der Waals surface area (Å²) in [5.74, 6) is 0.298. The topological polar surface area (TPSA) is 78.4 Å². The molecule has 17 heavy (non-hydrogen) atoms. The third kappa shape index (κ3) is 4.62. The first-order valence-corrected chi connectivity index (χ1v) is 6.85. The van der Waals surface area contributed by atoms with Crippen molar-refractivity contribution in [3.05, 3.63) is 23.8 Å². The molecular weight excluding hydrogens is 240 g/mol. The van der Waals surface area contributed by atoms with Gasteiger partial charge in [0.05, 0.1) is 5.69 Å². The van der Waals surface area contributed by atoms with Gasteiger partial charge >= 0.3 is 0 Å². The summed E-state index contributed by atoms with van der Waals surface area (Å²) in [7, 11) is -3.57. The van der Waals surface area contributed by atoms with Gasteiger partial charge in [-0.3, -0.25) is 4.72 Å². The molecule has 1 aromatic rings. The number of phenols is 1. The van der Waals surface area contributed by atoms with Crippen molar-refractivity contribution in [1.82, 2.24) is 4.72 Å². The fraction of sp³-hybridized carbons (Fsp3) is 0.455. The van der Waals surface area contributed by atoms with Gasteiger partial charge < -0.3 is 5.11 Å². The molecule has 1 aromatic carbocycles. The number of anilines is 1. The van der Waals surface area contributed by atoms with Gasteiger partial charge in [-0.15, -0.1) is 0 Å². The first-order valence-electron chi connectivity index (χ1n) is 5.37. The molecule has 0 spiro atoms. The molecular formula is C11H18N2O3S. The van der Waals surface area contributed by atoms with E-state index in [0.717, 1.165) is 0 Å². The zero-order valence-electron chi connectivity index (χ0n) is 10.2. The lowest BCUT2D eigenvalue weighted by Crippen LogP contribution is -2.32. The van der Waals surface area contributed by atoms with E-state index in [2.05, 4.69) is 9.44 Å². The van der Waals surface area contributed by atoms with Crippen molar-refractivity contribution >= 4 is 15.9 Å². The predicted molar refractivity (Wildman–Crippen MR) is 68.2 cm³/mol. The molecule has 1 rings (SSSR count). The number of hydrogen-bond donors (Lipinski definition) is 3. The maximum absolute atomic E-state index is 11.6. The lowest BCUT2D eigenvalue weighted by atomic mass is 10.2. The Hall–Kier alpha value is -1.27. The van der Waals surface area contributed by atoms with Crippen LogP contribution in [0.25, 0.3) is 0 Å². The summed E-state index contributed by atoms with van der Waals surface area (Å²) in [6, 6.07) is 4.63. The third-order valence-corrected chi connectivity index (χ3v) is 3.19. The van der Waals surface area contributed by atoms with Crippen molar-refractivity contribution in [3.8, 4) is 5.75 Å². The number of benzene rings is 1. The Morgan fingerprint density at radius 1 is 1.35 bits per heavy atom. The number of nitrogens with one attached hydrogen (secondary N) is 2. The van der Waals surface area contributed by atoms with E-state index in [-0.39, 0.29) is 11.7 Å². The van der Waals surface area contributed by atoms with E-state index >= 15 is 0 Å². The van der Waals surface area contributed by atoms with Crippen molar-refractivity contribution in [3.63, 3.8) is 0 Å². The molecule has 0 amide bonds. The summed E-state index contributed by atoms with van der Waals surface area (Å²) >= 11 is 0. The van der Waals surface area contributed by atoms with Crippen molar-refractivity contribution in [1.29, 1.82) is 0 Å². The van der Waals surface area contributed by atoms with Crippen LogP contribution in [0.4, 0.5) is 5.69 Å². The summed E-state index contributed by atoms with van der Waals surface area (Å²) in [6.07, 6.45) is 0. The number of aryl methyl sites for hydroxylation is 1. The van der Waals surface area contributed by atoms with Crippen LogP contribution in [0.15, 0.2) is 18.2 Å².